The van der Waals surface area contributed by atoms with Crippen LogP contribution in [-0.2, 0) is 0 Å². The minimum Gasteiger partial charge on any atom is -0.361 e. The first-order valence-electron chi connectivity index (χ1n) is 4.45. The lowest BCUT2D eigenvalue weighted by Crippen LogP contribution is -1.94. The maximum absolute atomic E-state index is 3.52. The first-order chi connectivity index (χ1) is 6.33. The smallest absolute Gasteiger partial charge is 0.0456 e. The molecule has 1 unspecified atom stereocenters. The van der Waals surface area contributed by atoms with Gasteiger partial charge in [0.25, 0.3) is 0 Å². The van der Waals surface area contributed by atoms with Gasteiger partial charge in [0.15, 0.2) is 0 Å². The van der Waals surface area contributed by atoms with Gasteiger partial charge in [-0.15, -0.1) is 0 Å². The lowest BCUT2D eigenvalue weighted by atomic mass is 9.99. The Bertz CT molecular complexity index is 405. The average molecular weight is 238 g/mol. The van der Waals surface area contributed by atoms with E-state index in [1.165, 1.54) is 16.5 Å². The molecule has 1 atom stereocenters. The quantitative estimate of drug-likeness (QED) is 0.768. The summed E-state index contributed by atoms with van der Waals surface area (Å²) in [5.74, 6) is 0.569. The molecule has 0 aliphatic rings. The molecule has 1 N–H and O–H groups in total. The second-order valence-electron chi connectivity index (χ2n) is 3.34. The largest absolute Gasteiger partial charge is 0.361 e. The van der Waals surface area contributed by atoms with Gasteiger partial charge in [0.1, 0.15) is 0 Å². The molecule has 0 saturated heterocycles. The van der Waals surface area contributed by atoms with Crippen LogP contribution in [0.15, 0.2) is 30.5 Å². The Morgan fingerprint density at radius 3 is 3.00 bits per heavy atom. The number of fused-ring (bicyclic) bond motifs is 1. The Labute approximate surface area is 86.3 Å². The van der Waals surface area contributed by atoms with Crippen LogP contribution in [0.3, 0.4) is 0 Å². The second-order valence-corrected chi connectivity index (χ2v) is 3.99. The van der Waals surface area contributed by atoms with Crippen LogP contribution < -0.4 is 0 Å². The van der Waals surface area contributed by atoms with Crippen molar-refractivity contribution in [1.29, 1.82) is 0 Å². The van der Waals surface area contributed by atoms with Gasteiger partial charge in [-0.2, -0.15) is 0 Å². The summed E-state index contributed by atoms with van der Waals surface area (Å²) in [6.45, 7) is 2.23. The van der Waals surface area contributed by atoms with Crippen molar-refractivity contribution in [1.82, 2.24) is 4.98 Å². The number of halogens is 1. The summed E-state index contributed by atoms with van der Waals surface area (Å²) < 4.78 is 0. The fourth-order valence-corrected chi connectivity index (χ4v) is 1.97. The highest BCUT2D eigenvalue weighted by Crippen LogP contribution is 2.25. The van der Waals surface area contributed by atoms with Crippen molar-refractivity contribution in [3.8, 4) is 0 Å². The molecule has 2 rings (SSSR count). The molecule has 1 heterocycles. The zero-order valence-corrected chi connectivity index (χ0v) is 9.14. The summed E-state index contributed by atoms with van der Waals surface area (Å²) in [6.07, 6.45) is 2.00. The van der Waals surface area contributed by atoms with Crippen molar-refractivity contribution >= 4 is 26.8 Å². The number of H-pyrrole nitrogens is 1. The van der Waals surface area contributed by atoms with E-state index in [4.69, 9.17) is 0 Å². The first-order valence-corrected chi connectivity index (χ1v) is 5.57. The number of alkyl halides is 1. The molecule has 0 aliphatic heterocycles. The van der Waals surface area contributed by atoms with E-state index in [9.17, 15) is 0 Å². The minimum absolute atomic E-state index is 0.569. The monoisotopic (exact) mass is 237 g/mol. The molecule has 68 valence electrons. The molecule has 0 bridgehead atoms. The van der Waals surface area contributed by atoms with E-state index in [1.807, 2.05) is 6.20 Å². The van der Waals surface area contributed by atoms with E-state index in [0.29, 0.717) is 5.92 Å². The van der Waals surface area contributed by atoms with Crippen molar-refractivity contribution in [3.63, 3.8) is 0 Å². The summed E-state index contributed by atoms with van der Waals surface area (Å²) in [5.41, 5.74) is 2.64. The topological polar surface area (TPSA) is 15.8 Å². The molecule has 0 aliphatic carbocycles. The fraction of sp³-hybridized carbons (Fsp3) is 0.273. The van der Waals surface area contributed by atoms with Gasteiger partial charge in [0, 0.05) is 22.4 Å². The second kappa shape index (κ2) is 3.54. The van der Waals surface area contributed by atoms with Crippen LogP contribution in [0.25, 0.3) is 10.9 Å². The van der Waals surface area contributed by atoms with Gasteiger partial charge >= 0.3 is 0 Å². The van der Waals surface area contributed by atoms with Crippen LogP contribution in [0.1, 0.15) is 18.4 Å². The summed E-state index contributed by atoms with van der Waals surface area (Å²) in [7, 11) is 0. The van der Waals surface area contributed by atoms with Crippen molar-refractivity contribution in [2.45, 2.75) is 12.8 Å². The Morgan fingerprint density at radius 2 is 2.23 bits per heavy atom. The number of benzene rings is 1. The molecule has 13 heavy (non-hydrogen) atoms. The predicted octanol–water partition coefficient (Wildman–Crippen LogP) is 3.67. The van der Waals surface area contributed by atoms with Gasteiger partial charge in [-0.05, 0) is 23.6 Å². The number of aromatic nitrogens is 1. The van der Waals surface area contributed by atoms with E-state index in [0.717, 1.165) is 5.33 Å². The predicted molar refractivity (Wildman–Crippen MR) is 60.5 cm³/mol. The molecule has 2 aromatic rings. The van der Waals surface area contributed by atoms with Gasteiger partial charge in [0.2, 0.25) is 0 Å². The molecular weight excluding hydrogens is 226 g/mol. The maximum atomic E-state index is 3.52. The van der Waals surface area contributed by atoms with Gasteiger partial charge in [0.05, 0.1) is 0 Å². The van der Waals surface area contributed by atoms with E-state index in [2.05, 4.69) is 52.1 Å². The third kappa shape index (κ3) is 1.51. The van der Waals surface area contributed by atoms with Crippen LogP contribution in [-0.4, -0.2) is 10.3 Å². The lowest BCUT2D eigenvalue weighted by molar-refractivity contribution is 0.898. The molecule has 0 fully saturated rings. The number of hydrogen-bond acceptors (Lipinski definition) is 0. The zero-order chi connectivity index (χ0) is 9.26. The van der Waals surface area contributed by atoms with Gasteiger partial charge in [-0.25, -0.2) is 0 Å². The SMILES string of the molecule is CC(CBr)c1cccc2[nH]ccc12. The summed E-state index contributed by atoms with van der Waals surface area (Å²) in [4.78, 5) is 3.22. The van der Waals surface area contributed by atoms with Crippen molar-refractivity contribution in [2.24, 2.45) is 0 Å². The van der Waals surface area contributed by atoms with E-state index >= 15 is 0 Å². The van der Waals surface area contributed by atoms with Crippen LogP contribution >= 0.6 is 15.9 Å². The van der Waals surface area contributed by atoms with E-state index in [-0.39, 0.29) is 0 Å². The van der Waals surface area contributed by atoms with E-state index in [1.54, 1.807) is 0 Å². The van der Waals surface area contributed by atoms with Crippen LogP contribution in [0.2, 0.25) is 0 Å². The van der Waals surface area contributed by atoms with Gasteiger partial charge < -0.3 is 4.98 Å². The minimum atomic E-state index is 0.569. The molecule has 0 radical (unpaired) electrons. The van der Waals surface area contributed by atoms with E-state index < -0.39 is 0 Å². The molecule has 0 amide bonds. The number of aromatic amines is 1. The molecule has 0 spiro atoms. The number of hydrogen-bond donors (Lipinski definition) is 1. The maximum Gasteiger partial charge on any atom is 0.0456 e. The third-order valence-electron chi connectivity index (χ3n) is 2.39. The van der Waals surface area contributed by atoms with Crippen molar-refractivity contribution in [2.75, 3.05) is 5.33 Å². The molecule has 1 aromatic carbocycles. The highest BCUT2D eigenvalue weighted by atomic mass is 79.9. The summed E-state index contributed by atoms with van der Waals surface area (Å²) >= 11 is 3.52. The van der Waals surface area contributed by atoms with Gasteiger partial charge in [-0.3, -0.25) is 0 Å². The number of rotatable bonds is 2. The highest BCUT2D eigenvalue weighted by molar-refractivity contribution is 9.09. The Hall–Kier alpha value is -0.760. The average Bonchev–Trinajstić information content (AvgIpc) is 2.63. The van der Waals surface area contributed by atoms with Crippen molar-refractivity contribution in [3.05, 3.63) is 36.0 Å². The normalized spacial score (nSPS) is 13.4. The third-order valence-corrected chi connectivity index (χ3v) is 3.36. The zero-order valence-electron chi connectivity index (χ0n) is 7.55. The highest BCUT2D eigenvalue weighted by Gasteiger charge is 2.07. The molecular formula is C11H12BrN. The van der Waals surface area contributed by atoms with Crippen LogP contribution in [0, 0.1) is 0 Å². The number of nitrogens with one attached hydrogen (secondary N) is 1. The Morgan fingerprint density at radius 1 is 1.38 bits per heavy atom. The summed E-state index contributed by atoms with van der Waals surface area (Å²) in [5, 5.41) is 2.35. The van der Waals surface area contributed by atoms with Gasteiger partial charge in [-0.1, -0.05) is 35.0 Å². The van der Waals surface area contributed by atoms with Crippen molar-refractivity contribution < 1.29 is 0 Å². The first kappa shape index (κ1) is 8.82. The summed E-state index contributed by atoms with van der Waals surface area (Å²) in [6, 6.07) is 8.55. The molecule has 1 nitrogen and oxygen atoms in total. The molecule has 0 saturated carbocycles. The lowest BCUT2D eigenvalue weighted by Gasteiger charge is -2.08. The van der Waals surface area contributed by atoms with Crippen LogP contribution in [0.4, 0.5) is 0 Å². The Kier molecular flexibility index (Phi) is 2.40. The molecule has 2 heteroatoms. The fourth-order valence-electron chi connectivity index (χ4n) is 1.62. The Balaban J connectivity index is 2.60. The molecule has 1 aromatic heterocycles. The standard InChI is InChI=1S/C11H12BrN/c1-8(7-12)9-3-2-4-11-10(9)5-6-13-11/h2-6,8,13H,7H2,1H3. The van der Waals surface area contributed by atoms with Crippen LogP contribution in [0.5, 0.6) is 0 Å².